The summed E-state index contributed by atoms with van der Waals surface area (Å²) in [4.78, 5) is 11.0. The van der Waals surface area contributed by atoms with Crippen LogP contribution in [0.5, 0.6) is 0 Å². The van der Waals surface area contributed by atoms with E-state index in [1.54, 1.807) is 11.3 Å². The number of nitrogens with zero attached hydrogens (tertiary/aromatic N) is 4. The summed E-state index contributed by atoms with van der Waals surface area (Å²) in [5.41, 5.74) is 1.28. The number of hydrogen-bond donors (Lipinski definition) is 0. The Balaban J connectivity index is 2.00. The van der Waals surface area contributed by atoms with Gasteiger partial charge in [-0.2, -0.15) is 0 Å². The van der Waals surface area contributed by atoms with Gasteiger partial charge in [-0.05, 0) is 26.4 Å². The van der Waals surface area contributed by atoms with Crippen LogP contribution in [0.1, 0.15) is 25.5 Å². The standard InChI is InChI=1S/C14H21BrN4S/c1-3-11-10-17(2)5-4-6-18(11)13-12(9-15)19-7-8-20-14(19)16-13/h7-8,11H,3-6,9-10H2,1-2H3. The van der Waals surface area contributed by atoms with E-state index in [2.05, 4.69) is 55.7 Å². The molecule has 4 nitrogen and oxygen atoms in total. The summed E-state index contributed by atoms with van der Waals surface area (Å²) in [5, 5.41) is 2.95. The average molecular weight is 357 g/mol. The molecular formula is C14H21BrN4S. The maximum absolute atomic E-state index is 4.89. The van der Waals surface area contributed by atoms with Crippen LogP contribution in [0.2, 0.25) is 0 Å². The van der Waals surface area contributed by atoms with Gasteiger partial charge < -0.3 is 9.80 Å². The molecule has 0 N–H and O–H groups in total. The molecule has 1 saturated heterocycles. The van der Waals surface area contributed by atoms with E-state index >= 15 is 0 Å². The number of imidazole rings is 1. The molecule has 6 heteroatoms. The maximum atomic E-state index is 4.89. The van der Waals surface area contributed by atoms with E-state index in [0.29, 0.717) is 6.04 Å². The van der Waals surface area contributed by atoms with E-state index in [1.165, 1.54) is 24.5 Å². The van der Waals surface area contributed by atoms with Gasteiger partial charge in [0.2, 0.25) is 0 Å². The molecule has 0 radical (unpaired) electrons. The van der Waals surface area contributed by atoms with Crippen LogP contribution in [0, 0.1) is 0 Å². The quantitative estimate of drug-likeness (QED) is 0.789. The molecule has 2 aromatic rings. The second kappa shape index (κ2) is 6.03. The van der Waals surface area contributed by atoms with Gasteiger partial charge in [0.15, 0.2) is 10.8 Å². The number of anilines is 1. The number of aromatic nitrogens is 2. The SMILES string of the molecule is CCC1CN(C)CCCN1c1nc2sccn2c1CBr. The van der Waals surface area contributed by atoms with Gasteiger partial charge in [0.25, 0.3) is 0 Å². The molecule has 1 aliphatic rings. The van der Waals surface area contributed by atoms with Crippen molar-refractivity contribution in [3.8, 4) is 0 Å². The second-order valence-corrected chi connectivity index (χ2v) is 6.88. The third-order valence-corrected chi connectivity index (χ3v) is 5.40. The average Bonchev–Trinajstić information content (AvgIpc) is 2.96. The number of thiazole rings is 1. The number of likely N-dealkylation sites (N-methyl/N-ethyl adjacent to an activating group) is 1. The van der Waals surface area contributed by atoms with Crippen molar-refractivity contribution in [2.45, 2.75) is 31.1 Å². The topological polar surface area (TPSA) is 23.8 Å². The third kappa shape index (κ3) is 2.49. The highest BCUT2D eigenvalue weighted by Crippen LogP contribution is 2.29. The van der Waals surface area contributed by atoms with E-state index in [0.717, 1.165) is 29.8 Å². The Hall–Kier alpha value is -0.590. The lowest BCUT2D eigenvalue weighted by atomic mass is 10.2. The Morgan fingerprint density at radius 1 is 1.45 bits per heavy atom. The Bertz CT molecular complexity index is 579. The Morgan fingerprint density at radius 2 is 2.30 bits per heavy atom. The predicted octanol–water partition coefficient (Wildman–Crippen LogP) is 3.21. The van der Waals surface area contributed by atoms with E-state index in [4.69, 9.17) is 4.98 Å². The molecule has 1 atom stereocenters. The van der Waals surface area contributed by atoms with Gasteiger partial charge in [0.1, 0.15) is 0 Å². The first-order valence-electron chi connectivity index (χ1n) is 7.20. The zero-order valence-electron chi connectivity index (χ0n) is 12.0. The first kappa shape index (κ1) is 14.4. The summed E-state index contributed by atoms with van der Waals surface area (Å²) >= 11 is 5.35. The fourth-order valence-electron chi connectivity index (χ4n) is 3.05. The van der Waals surface area contributed by atoms with Gasteiger partial charge in [-0.15, -0.1) is 11.3 Å². The van der Waals surface area contributed by atoms with Crippen LogP contribution < -0.4 is 4.90 Å². The van der Waals surface area contributed by atoms with E-state index in [9.17, 15) is 0 Å². The lowest BCUT2D eigenvalue weighted by molar-refractivity contribution is 0.327. The smallest absolute Gasteiger partial charge is 0.195 e. The van der Waals surface area contributed by atoms with Crippen LogP contribution in [-0.4, -0.2) is 47.0 Å². The normalized spacial score (nSPS) is 21.6. The van der Waals surface area contributed by atoms with Gasteiger partial charge in [-0.3, -0.25) is 4.40 Å². The molecular weight excluding hydrogens is 336 g/mol. The zero-order chi connectivity index (χ0) is 14.1. The molecule has 20 heavy (non-hydrogen) atoms. The van der Waals surface area contributed by atoms with E-state index in [-0.39, 0.29) is 0 Å². The van der Waals surface area contributed by atoms with Crippen molar-refractivity contribution in [2.24, 2.45) is 0 Å². The highest BCUT2D eigenvalue weighted by Gasteiger charge is 2.26. The lowest BCUT2D eigenvalue weighted by Gasteiger charge is -2.31. The minimum atomic E-state index is 0.560. The second-order valence-electron chi connectivity index (χ2n) is 5.44. The van der Waals surface area contributed by atoms with Crippen molar-refractivity contribution in [3.05, 3.63) is 17.3 Å². The van der Waals surface area contributed by atoms with Crippen LogP contribution >= 0.6 is 27.3 Å². The number of halogens is 1. The van der Waals surface area contributed by atoms with Gasteiger partial charge in [0, 0.05) is 36.0 Å². The molecule has 1 aliphatic heterocycles. The highest BCUT2D eigenvalue weighted by molar-refractivity contribution is 9.08. The van der Waals surface area contributed by atoms with Crippen LogP contribution in [0.4, 0.5) is 5.82 Å². The van der Waals surface area contributed by atoms with Crippen LogP contribution in [-0.2, 0) is 5.33 Å². The van der Waals surface area contributed by atoms with Crippen molar-refractivity contribution in [2.75, 3.05) is 31.6 Å². The highest BCUT2D eigenvalue weighted by atomic mass is 79.9. The van der Waals surface area contributed by atoms with Crippen molar-refractivity contribution in [1.29, 1.82) is 0 Å². The third-order valence-electron chi connectivity index (χ3n) is 4.11. The predicted molar refractivity (Wildman–Crippen MR) is 89.2 cm³/mol. The van der Waals surface area contributed by atoms with Gasteiger partial charge in [-0.25, -0.2) is 4.98 Å². The fourth-order valence-corrected chi connectivity index (χ4v) is 4.30. The Labute approximate surface area is 132 Å². The molecule has 1 unspecified atom stereocenters. The van der Waals surface area contributed by atoms with Crippen molar-refractivity contribution < 1.29 is 0 Å². The van der Waals surface area contributed by atoms with E-state index < -0.39 is 0 Å². The lowest BCUT2D eigenvalue weighted by Crippen LogP contribution is -2.40. The Kier molecular flexibility index (Phi) is 4.33. The van der Waals surface area contributed by atoms with Crippen LogP contribution in [0.25, 0.3) is 4.96 Å². The molecule has 0 spiro atoms. The molecule has 3 rings (SSSR count). The molecule has 0 bridgehead atoms. The molecule has 110 valence electrons. The first-order valence-corrected chi connectivity index (χ1v) is 9.20. The van der Waals surface area contributed by atoms with Crippen molar-refractivity contribution in [1.82, 2.24) is 14.3 Å². The fraction of sp³-hybridized carbons (Fsp3) is 0.643. The van der Waals surface area contributed by atoms with Crippen molar-refractivity contribution >= 4 is 38.0 Å². The summed E-state index contributed by atoms with van der Waals surface area (Å²) in [7, 11) is 2.23. The van der Waals surface area contributed by atoms with Crippen molar-refractivity contribution in [3.63, 3.8) is 0 Å². The molecule has 0 aromatic carbocycles. The monoisotopic (exact) mass is 356 g/mol. The Morgan fingerprint density at radius 3 is 3.05 bits per heavy atom. The van der Waals surface area contributed by atoms with Gasteiger partial charge in [0.05, 0.1) is 5.69 Å². The molecule has 2 aromatic heterocycles. The summed E-state index contributed by atoms with van der Waals surface area (Å²) in [6, 6.07) is 0.560. The molecule has 1 fully saturated rings. The summed E-state index contributed by atoms with van der Waals surface area (Å²) < 4.78 is 2.22. The molecule has 0 amide bonds. The minimum Gasteiger partial charge on any atom is -0.351 e. The van der Waals surface area contributed by atoms with Crippen LogP contribution in [0.15, 0.2) is 11.6 Å². The molecule has 0 aliphatic carbocycles. The summed E-state index contributed by atoms with van der Waals surface area (Å²) in [5.74, 6) is 1.18. The number of fused-ring (bicyclic) bond motifs is 1. The first-order chi connectivity index (χ1) is 9.74. The summed E-state index contributed by atoms with van der Waals surface area (Å²) in [6.07, 6.45) is 4.50. The van der Waals surface area contributed by atoms with Crippen LogP contribution in [0.3, 0.4) is 0 Å². The number of alkyl halides is 1. The van der Waals surface area contributed by atoms with Gasteiger partial charge in [-0.1, -0.05) is 22.9 Å². The number of rotatable bonds is 3. The minimum absolute atomic E-state index is 0.560. The zero-order valence-corrected chi connectivity index (χ0v) is 14.5. The number of hydrogen-bond acceptors (Lipinski definition) is 4. The molecule has 3 heterocycles. The summed E-state index contributed by atoms with van der Waals surface area (Å²) in [6.45, 7) is 5.69. The van der Waals surface area contributed by atoms with Gasteiger partial charge >= 0.3 is 0 Å². The maximum Gasteiger partial charge on any atom is 0.195 e. The van der Waals surface area contributed by atoms with E-state index in [1.807, 2.05) is 0 Å². The largest absolute Gasteiger partial charge is 0.351 e. The molecule has 0 saturated carbocycles.